The average Bonchev–Trinajstić information content (AvgIpc) is 3.43. The summed E-state index contributed by atoms with van der Waals surface area (Å²) in [6.45, 7) is 5.81. The van der Waals surface area contributed by atoms with Crippen molar-refractivity contribution in [3.63, 3.8) is 0 Å². The highest BCUT2D eigenvalue weighted by molar-refractivity contribution is 8.00. The van der Waals surface area contributed by atoms with Crippen LogP contribution in [-0.4, -0.2) is 27.5 Å². The van der Waals surface area contributed by atoms with Crippen molar-refractivity contribution in [3.8, 4) is 0 Å². The van der Waals surface area contributed by atoms with E-state index in [4.69, 9.17) is 0 Å². The Kier molecular flexibility index (Phi) is 7.77. The van der Waals surface area contributed by atoms with Gasteiger partial charge in [0.2, 0.25) is 17.7 Å². The number of thiazole rings is 1. The molecule has 2 unspecified atom stereocenters. The first-order valence-electron chi connectivity index (χ1n) is 14.2. The summed E-state index contributed by atoms with van der Waals surface area (Å²) in [5, 5.41) is 1.99. The van der Waals surface area contributed by atoms with Gasteiger partial charge in [-0.05, 0) is 40.8 Å². The van der Waals surface area contributed by atoms with Crippen LogP contribution in [0.2, 0.25) is 0 Å². The van der Waals surface area contributed by atoms with E-state index in [9.17, 15) is 32.3 Å². The van der Waals surface area contributed by atoms with E-state index in [0.29, 0.717) is 26.1 Å². The van der Waals surface area contributed by atoms with Crippen molar-refractivity contribution in [2.24, 2.45) is 5.92 Å². The molecule has 0 saturated carbocycles. The molecule has 3 amide bonds. The minimum absolute atomic E-state index is 0.174. The van der Waals surface area contributed by atoms with E-state index in [1.165, 1.54) is 16.7 Å². The Labute approximate surface area is 265 Å². The maximum Gasteiger partial charge on any atom is 0.418 e. The van der Waals surface area contributed by atoms with Gasteiger partial charge in [-0.25, -0.2) is 4.90 Å². The molecule has 2 aliphatic rings. The number of nitrogens with zero attached hydrogens (tertiary/aromatic N) is 2. The second-order valence-electron chi connectivity index (χ2n) is 12.0. The number of fused-ring (bicyclic) bond motifs is 2. The fourth-order valence-electron chi connectivity index (χ4n) is 5.82. The third kappa shape index (κ3) is 5.61. The number of aromatic nitrogens is 1. The highest BCUT2D eigenvalue weighted by atomic mass is 32.2. The van der Waals surface area contributed by atoms with Crippen molar-refractivity contribution in [1.82, 2.24) is 4.57 Å². The zero-order valence-corrected chi connectivity index (χ0v) is 26.1. The highest BCUT2D eigenvalue weighted by Gasteiger charge is 2.57. The summed E-state index contributed by atoms with van der Waals surface area (Å²) in [6, 6.07) is 20.7. The summed E-state index contributed by atoms with van der Waals surface area (Å²) >= 11 is 1.83. The van der Waals surface area contributed by atoms with Gasteiger partial charge in [0.05, 0.1) is 22.2 Å². The molecule has 0 bridgehead atoms. The van der Waals surface area contributed by atoms with E-state index in [-0.39, 0.29) is 12.0 Å². The zero-order valence-electron chi connectivity index (χ0n) is 24.4. The van der Waals surface area contributed by atoms with Crippen LogP contribution in [0.15, 0.2) is 88.7 Å². The maximum absolute atomic E-state index is 14.1. The molecule has 12 heteroatoms. The molecule has 1 saturated heterocycles. The minimum atomic E-state index is -4.80. The first-order chi connectivity index (χ1) is 21.3. The molecule has 6 rings (SSSR count). The second-order valence-corrected chi connectivity index (χ2v) is 14.1. The molecule has 45 heavy (non-hydrogen) atoms. The summed E-state index contributed by atoms with van der Waals surface area (Å²) in [5.41, 5.74) is 0.414. The van der Waals surface area contributed by atoms with Gasteiger partial charge >= 0.3 is 11.0 Å². The average molecular weight is 652 g/mol. The number of halogens is 3. The number of hydrogen-bond donors (Lipinski definition) is 1. The quantitative estimate of drug-likeness (QED) is 0.244. The lowest BCUT2D eigenvalue weighted by Crippen LogP contribution is -2.33. The van der Waals surface area contributed by atoms with Crippen molar-refractivity contribution in [1.29, 1.82) is 0 Å². The number of benzene rings is 3. The molecule has 3 heterocycles. The Morgan fingerprint density at radius 1 is 0.867 bits per heavy atom. The molecule has 232 valence electrons. The molecule has 1 fully saturated rings. The number of hydrogen-bond acceptors (Lipinski definition) is 6. The molecule has 0 spiro atoms. The lowest BCUT2D eigenvalue weighted by molar-refractivity contribution is -0.137. The largest absolute Gasteiger partial charge is 0.418 e. The van der Waals surface area contributed by atoms with Gasteiger partial charge in [-0.1, -0.05) is 98.5 Å². The van der Waals surface area contributed by atoms with E-state index in [1.807, 2.05) is 24.3 Å². The Bertz CT molecular complexity index is 1860. The number of rotatable bonds is 5. The molecule has 1 aromatic heterocycles. The number of carbonyl (C=O) groups excluding carboxylic acids is 3. The van der Waals surface area contributed by atoms with Gasteiger partial charge in [0.25, 0.3) is 0 Å². The smallest absolute Gasteiger partial charge is 0.325 e. The van der Waals surface area contributed by atoms with Crippen molar-refractivity contribution in [2.45, 2.75) is 55.1 Å². The maximum atomic E-state index is 14.1. The second kappa shape index (κ2) is 11.3. The van der Waals surface area contributed by atoms with E-state index in [0.717, 1.165) is 40.8 Å². The Morgan fingerprint density at radius 3 is 2.16 bits per heavy atom. The van der Waals surface area contributed by atoms with Gasteiger partial charge in [0.15, 0.2) is 0 Å². The summed E-state index contributed by atoms with van der Waals surface area (Å²) in [7, 11) is 0. The topological polar surface area (TPSA) is 88.5 Å². The van der Waals surface area contributed by atoms with Crippen LogP contribution in [0, 0.1) is 5.92 Å². The van der Waals surface area contributed by atoms with Crippen LogP contribution in [-0.2, 0) is 32.5 Å². The molecular weight excluding hydrogens is 624 g/mol. The standard InChI is InChI=1S/C33H28F3N3O4S2/c1-32(2,3)19-15-13-18(14-16-19)24-25-26(29(42)39(28(25)41)22-12-8-7-11-21(22)33(34,35)36)44-30-27(24)45-31(43)38(30)17-23(40)37-20-9-5-4-6-10-20/h4-16,24-26H,17H2,1-3H3,(H,37,40)/t24-,25?,26?/m1/s1. The van der Waals surface area contributed by atoms with Crippen LogP contribution in [0.1, 0.15) is 48.3 Å². The Morgan fingerprint density at radius 2 is 1.51 bits per heavy atom. The first-order valence-corrected chi connectivity index (χ1v) is 15.8. The Hall–Kier alpha value is -4.16. The zero-order chi connectivity index (χ0) is 32.3. The minimum Gasteiger partial charge on any atom is -0.325 e. The highest BCUT2D eigenvalue weighted by Crippen LogP contribution is 2.54. The van der Waals surface area contributed by atoms with Crippen LogP contribution in [0.3, 0.4) is 0 Å². The van der Waals surface area contributed by atoms with Crippen molar-refractivity contribution in [3.05, 3.63) is 110 Å². The van der Waals surface area contributed by atoms with E-state index < -0.39 is 57.1 Å². The summed E-state index contributed by atoms with van der Waals surface area (Å²) in [5.74, 6) is -3.89. The summed E-state index contributed by atoms with van der Waals surface area (Å²) in [4.78, 5) is 55.1. The first kappa shape index (κ1) is 30.8. The van der Waals surface area contributed by atoms with Crippen LogP contribution in [0.25, 0.3) is 0 Å². The van der Waals surface area contributed by atoms with Gasteiger partial charge in [-0.15, -0.1) is 0 Å². The van der Waals surface area contributed by atoms with Gasteiger partial charge in [-0.2, -0.15) is 13.2 Å². The van der Waals surface area contributed by atoms with Gasteiger partial charge < -0.3 is 5.32 Å². The molecule has 7 nitrogen and oxygen atoms in total. The molecule has 3 atom stereocenters. The molecule has 1 N–H and O–H groups in total. The number of thioether (sulfide) groups is 1. The fourth-order valence-corrected chi connectivity index (χ4v) is 8.59. The molecule has 4 aromatic rings. The van der Waals surface area contributed by atoms with Crippen molar-refractivity contribution >= 4 is 52.2 Å². The predicted octanol–water partition coefficient (Wildman–Crippen LogP) is 6.66. The summed E-state index contributed by atoms with van der Waals surface area (Å²) < 4.78 is 43.3. The molecular formula is C33H28F3N3O4S2. The lowest BCUT2D eigenvalue weighted by Gasteiger charge is -2.31. The van der Waals surface area contributed by atoms with Crippen molar-refractivity contribution in [2.75, 3.05) is 10.2 Å². The number of nitrogens with one attached hydrogen (secondary N) is 1. The normalized spacial score (nSPS) is 19.8. The van der Waals surface area contributed by atoms with Crippen LogP contribution < -0.4 is 15.1 Å². The summed E-state index contributed by atoms with van der Waals surface area (Å²) in [6.07, 6.45) is -4.80. The van der Waals surface area contributed by atoms with Gasteiger partial charge in [-0.3, -0.25) is 23.7 Å². The number of alkyl halides is 3. The number of imide groups is 1. The molecule has 0 aliphatic carbocycles. The lowest BCUT2D eigenvalue weighted by atomic mass is 9.81. The van der Waals surface area contributed by atoms with Crippen LogP contribution in [0.5, 0.6) is 0 Å². The predicted molar refractivity (Wildman–Crippen MR) is 168 cm³/mol. The third-order valence-electron chi connectivity index (χ3n) is 7.99. The number of para-hydroxylation sites is 2. The van der Waals surface area contributed by atoms with Crippen LogP contribution in [0.4, 0.5) is 24.5 Å². The van der Waals surface area contributed by atoms with E-state index in [1.54, 1.807) is 30.3 Å². The van der Waals surface area contributed by atoms with Gasteiger partial charge in [0.1, 0.15) is 11.8 Å². The van der Waals surface area contributed by atoms with E-state index in [2.05, 4.69) is 26.1 Å². The van der Waals surface area contributed by atoms with Gasteiger partial charge in [0, 0.05) is 16.5 Å². The molecule has 3 aromatic carbocycles. The number of carbonyl (C=O) groups is 3. The SMILES string of the molecule is CC(C)(C)c1ccc([C@H]2c3sc(=O)n(CC(=O)Nc4ccccc4)c3SC3C(=O)N(c4ccccc4C(F)(F)F)C(=O)C32)cc1. The molecule has 2 aliphatic heterocycles. The fraction of sp³-hybridized carbons (Fsp3) is 0.273. The van der Waals surface area contributed by atoms with Crippen LogP contribution >= 0.6 is 23.1 Å². The Balaban J connectivity index is 1.45. The third-order valence-corrected chi connectivity index (χ3v) is 10.6. The molecule has 0 radical (unpaired) electrons. The van der Waals surface area contributed by atoms with Crippen molar-refractivity contribution < 1.29 is 27.6 Å². The van der Waals surface area contributed by atoms with E-state index >= 15 is 0 Å². The number of anilines is 2. The monoisotopic (exact) mass is 651 g/mol. The number of amides is 3.